The van der Waals surface area contributed by atoms with Gasteiger partial charge in [0.15, 0.2) is 0 Å². The number of nitrogens with zero attached hydrogens (tertiary/aromatic N) is 2. The molecule has 17 heavy (non-hydrogen) atoms. The third kappa shape index (κ3) is 3.01. The number of aliphatic hydroxyl groups is 1. The van der Waals surface area contributed by atoms with Gasteiger partial charge in [0.2, 0.25) is 5.88 Å². The van der Waals surface area contributed by atoms with Gasteiger partial charge in [-0.3, -0.25) is 4.98 Å². The molecular formula is C13H14N2O2. The van der Waals surface area contributed by atoms with Crippen molar-refractivity contribution in [3.63, 3.8) is 0 Å². The first-order chi connectivity index (χ1) is 8.31. The van der Waals surface area contributed by atoms with Crippen LogP contribution < -0.4 is 4.74 Å². The topological polar surface area (TPSA) is 55.2 Å². The molecule has 4 heteroatoms. The quantitative estimate of drug-likeness (QED) is 0.875. The molecule has 1 N–H and O–H groups in total. The van der Waals surface area contributed by atoms with Crippen LogP contribution in [0.4, 0.5) is 0 Å². The lowest BCUT2D eigenvalue weighted by Gasteiger charge is -2.06. The van der Waals surface area contributed by atoms with Crippen molar-refractivity contribution in [2.45, 2.75) is 20.0 Å². The van der Waals surface area contributed by atoms with Crippen molar-refractivity contribution in [2.24, 2.45) is 0 Å². The van der Waals surface area contributed by atoms with Gasteiger partial charge < -0.3 is 9.84 Å². The highest BCUT2D eigenvalue weighted by Crippen LogP contribution is 2.20. The predicted molar refractivity (Wildman–Crippen MR) is 63.8 cm³/mol. The number of ether oxygens (including phenoxy) is 1. The minimum atomic E-state index is -0.140. The lowest BCUT2D eigenvalue weighted by Crippen LogP contribution is -1.95. The van der Waals surface area contributed by atoms with E-state index in [4.69, 9.17) is 9.84 Å². The molecule has 0 aliphatic heterocycles. The fraction of sp³-hybridized carbons (Fsp3) is 0.231. The lowest BCUT2D eigenvalue weighted by molar-refractivity contribution is 0.274. The van der Waals surface area contributed by atoms with E-state index in [1.54, 1.807) is 0 Å². The molecule has 0 aliphatic carbocycles. The maximum absolute atomic E-state index is 8.95. The number of aryl methyl sites for hydroxylation is 1. The summed E-state index contributed by atoms with van der Waals surface area (Å²) in [6, 6.07) is 7.82. The molecule has 2 aromatic rings. The van der Waals surface area contributed by atoms with E-state index in [9.17, 15) is 0 Å². The molecule has 0 unspecified atom stereocenters. The zero-order valence-electron chi connectivity index (χ0n) is 9.63. The molecule has 0 amide bonds. The molecule has 1 aromatic heterocycles. The third-order valence-corrected chi connectivity index (χ3v) is 2.35. The number of rotatable bonds is 4. The van der Waals surface area contributed by atoms with Gasteiger partial charge in [0.05, 0.1) is 24.7 Å². The second kappa shape index (κ2) is 5.41. The largest absolute Gasteiger partial charge is 0.437 e. The first kappa shape index (κ1) is 11.5. The van der Waals surface area contributed by atoms with Gasteiger partial charge in [0.25, 0.3) is 0 Å². The molecule has 0 saturated carbocycles. The van der Waals surface area contributed by atoms with E-state index in [0.717, 1.165) is 12.2 Å². The average molecular weight is 230 g/mol. The molecule has 1 aromatic carbocycles. The van der Waals surface area contributed by atoms with Crippen molar-refractivity contribution >= 4 is 0 Å². The monoisotopic (exact) mass is 230 g/mol. The number of hydrogen-bond donors (Lipinski definition) is 1. The molecule has 0 bridgehead atoms. The lowest BCUT2D eigenvalue weighted by atomic mass is 10.2. The Morgan fingerprint density at radius 3 is 2.94 bits per heavy atom. The van der Waals surface area contributed by atoms with Gasteiger partial charge in [-0.25, -0.2) is 4.98 Å². The van der Waals surface area contributed by atoms with Crippen LogP contribution in [-0.4, -0.2) is 15.1 Å². The van der Waals surface area contributed by atoms with Crippen LogP contribution in [-0.2, 0) is 13.0 Å². The van der Waals surface area contributed by atoms with Crippen LogP contribution in [0.25, 0.3) is 0 Å². The minimum absolute atomic E-state index is 0.140. The number of hydrogen-bond acceptors (Lipinski definition) is 4. The summed E-state index contributed by atoms with van der Waals surface area (Å²) in [5, 5.41) is 8.95. The van der Waals surface area contributed by atoms with E-state index in [1.807, 2.05) is 24.3 Å². The molecule has 0 atom stereocenters. The Morgan fingerprint density at radius 1 is 1.29 bits per heavy atom. The number of aliphatic hydroxyl groups excluding tert-OH is 1. The zero-order chi connectivity index (χ0) is 12.1. The predicted octanol–water partition coefficient (Wildman–Crippen LogP) is 2.32. The van der Waals surface area contributed by atoms with Crippen molar-refractivity contribution in [1.29, 1.82) is 0 Å². The molecule has 0 fully saturated rings. The Bertz CT molecular complexity index is 455. The van der Waals surface area contributed by atoms with E-state index in [-0.39, 0.29) is 6.61 Å². The van der Waals surface area contributed by atoms with Gasteiger partial charge in [0, 0.05) is 0 Å². The first-order valence-corrected chi connectivity index (χ1v) is 5.50. The van der Waals surface area contributed by atoms with E-state index in [0.29, 0.717) is 11.6 Å². The van der Waals surface area contributed by atoms with Crippen LogP contribution in [0.15, 0.2) is 36.7 Å². The summed E-state index contributed by atoms with van der Waals surface area (Å²) in [6.07, 6.45) is 3.99. The van der Waals surface area contributed by atoms with Crippen LogP contribution >= 0.6 is 0 Å². The summed E-state index contributed by atoms with van der Waals surface area (Å²) in [5.74, 6) is 1.12. The van der Waals surface area contributed by atoms with Gasteiger partial charge in [0.1, 0.15) is 5.75 Å². The molecule has 0 spiro atoms. The van der Waals surface area contributed by atoms with Crippen molar-refractivity contribution < 1.29 is 9.84 Å². The number of aromatic nitrogens is 2. The van der Waals surface area contributed by atoms with Gasteiger partial charge in [-0.15, -0.1) is 0 Å². The van der Waals surface area contributed by atoms with Gasteiger partial charge in [-0.1, -0.05) is 19.1 Å². The molecule has 0 saturated heterocycles. The SMILES string of the molecule is CCc1cccc(Oc2cncc(CO)n2)c1. The summed E-state index contributed by atoms with van der Waals surface area (Å²) in [4.78, 5) is 8.05. The molecule has 88 valence electrons. The third-order valence-electron chi connectivity index (χ3n) is 2.35. The van der Waals surface area contributed by atoms with Crippen LogP contribution in [0, 0.1) is 0 Å². The second-order valence-electron chi connectivity index (χ2n) is 3.61. The fourth-order valence-electron chi connectivity index (χ4n) is 1.46. The second-order valence-corrected chi connectivity index (χ2v) is 3.61. The summed E-state index contributed by atoms with van der Waals surface area (Å²) in [7, 11) is 0. The minimum Gasteiger partial charge on any atom is -0.437 e. The van der Waals surface area contributed by atoms with E-state index in [1.165, 1.54) is 18.0 Å². The van der Waals surface area contributed by atoms with Crippen LogP contribution in [0.2, 0.25) is 0 Å². The van der Waals surface area contributed by atoms with Crippen LogP contribution in [0.5, 0.6) is 11.6 Å². The van der Waals surface area contributed by atoms with Crippen molar-refractivity contribution in [3.8, 4) is 11.6 Å². The standard InChI is InChI=1S/C13H14N2O2/c1-2-10-4-3-5-12(6-10)17-13-8-14-7-11(9-16)15-13/h3-8,16H,2,9H2,1H3. The highest BCUT2D eigenvalue weighted by molar-refractivity contribution is 5.31. The Morgan fingerprint density at radius 2 is 2.18 bits per heavy atom. The van der Waals surface area contributed by atoms with Crippen molar-refractivity contribution in [1.82, 2.24) is 9.97 Å². The number of benzene rings is 1. The Labute approximate surface area is 99.9 Å². The highest BCUT2D eigenvalue weighted by Gasteiger charge is 2.01. The highest BCUT2D eigenvalue weighted by atomic mass is 16.5. The maximum Gasteiger partial charge on any atom is 0.238 e. The summed E-state index contributed by atoms with van der Waals surface area (Å²) < 4.78 is 5.58. The average Bonchev–Trinajstić information content (AvgIpc) is 2.39. The van der Waals surface area contributed by atoms with E-state index < -0.39 is 0 Å². The molecule has 0 aliphatic rings. The maximum atomic E-state index is 8.95. The van der Waals surface area contributed by atoms with Gasteiger partial charge in [-0.05, 0) is 24.1 Å². The Balaban J connectivity index is 2.18. The fourth-order valence-corrected chi connectivity index (χ4v) is 1.46. The van der Waals surface area contributed by atoms with Crippen molar-refractivity contribution in [3.05, 3.63) is 47.9 Å². The first-order valence-electron chi connectivity index (χ1n) is 5.50. The summed E-state index contributed by atoms with van der Waals surface area (Å²) in [6.45, 7) is 1.95. The Hall–Kier alpha value is -1.94. The van der Waals surface area contributed by atoms with Gasteiger partial charge in [-0.2, -0.15) is 0 Å². The molecule has 4 nitrogen and oxygen atoms in total. The summed E-state index contributed by atoms with van der Waals surface area (Å²) >= 11 is 0. The van der Waals surface area contributed by atoms with Crippen molar-refractivity contribution in [2.75, 3.05) is 0 Å². The Kier molecular flexibility index (Phi) is 3.67. The molecule has 0 radical (unpaired) electrons. The zero-order valence-corrected chi connectivity index (χ0v) is 9.63. The normalized spacial score (nSPS) is 10.2. The molecular weight excluding hydrogens is 216 g/mol. The summed E-state index contributed by atoms with van der Waals surface area (Å²) in [5.41, 5.74) is 1.70. The van der Waals surface area contributed by atoms with Crippen LogP contribution in [0.3, 0.4) is 0 Å². The molecule has 2 rings (SSSR count). The van der Waals surface area contributed by atoms with E-state index >= 15 is 0 Å². The van der Waals surface area contributed by atoms with Crippen LogP contribution in [0.1, 0.15) is 18.2 Å². The smallest absolute Gasteiger partial charge is 0.238 e. The molecule has 1 heterocycles. The van der Waals surface area contributed by atoms with Gasteiger partial charge >= 0.3 is 0 Å². The van der Waals surface area contributed by atoms with E-state index in [2.05, 4.69) is 16.9 Å².